The van der Waals surface area contributed by atoms with Gasteiger partial charge in [-0.1, -0.05) is 37.8 Å². The largest absolute Gasteiger partial charge is 0.244 e. The maximum absolute atomic E-state index is 14.0. The predicted octanol–water partition coefficient (Wildman–Crippen LogP) is 6.00. The molecule has 0 aliphatic heterocycles. The third kappa shape index (κ3) is 13.3. The van der Waals surface area contributed by atoms with Crippen LogP contribution in [0.15, 0.2) is 34.1 Å². The van der Waals surface area contributed by atoms with Crippen LogP contribution in [0.4, 0.5) is 0 Å². The van der Waals surface area contributed by atoms with Crippen molar-refractivity contribution in [1.29, 1.82) is 21.0 Å². The number of nitrogens with zero attached hydrogens (tertiary/aromatic N) is 6. The van der Waals surface area contributed by atoms with Crippen molar-refractivity contribution >= 4 is 20.0 Å². The van der Waals surface area contributed by atoms with Gasteiger partial charge in [0.15, 0.2) is 0 Å². The van der Waals surface area contributed by atoms with Gasteiger partial charge in [0.25, 0.3) is 0 Å². The highest BCUT2D eigenvalue weighted by molar-refractivity contribution is 7.92. The van der Waals surface area contributed by atoms with Gasteiger partial charge in [-0.15, -0.1) is 0 Å². The van der Waals surface area contributed by atoms with E-state index in [2.05, 4.69) is 24.3 Å². The summed E-state index contributed by atoms with van der Waals surface area (Å²) in [6.45, 7) is 0.841. The van der Waals surface area contributed by atoms with Crippen LogP contribution in [0.5, 0.6) is 0 Å². The average Bonchev–Trinajstić information content (AvgIpc) is 2.98. The van der Waals surface area contributed by atoms with E-state index in [4.69, 9.17) is 21.0 Å². The number of nitriles is 4. The molecule has 230 valence electrons. The van der Waals surface area contributed by atoms with Crippen LogP contribution in [0.25, 0.3) is 0 Å². The number of hydrogen-bond acceptors (Lipinski definition) is 8. The van der Waals surface area contributed by atoms with E-state index >= 15 is 0 Å². The van der Waals surface area contributed by atoms with Gasteiger partial charge in [0, 0.05) is 51.9 Å². The molecule has 0 atom stereocenters. The van der Waals surface area contributed by atoms with Crippen molar-refractivity contribution in [2.75, 3.05) is 26.2 Å². The number of benzene rings is 1. The van der Waals surface area contributed by atoms with Gasteiger partial charge in [0.2, 0.25) is 20.0 Å². The molecule has 0 saturated carbocycles. The molecule has 0 bridgehead atoms. The fraction of sp³-hybridized carbons (Fsp3) is 0.667. The third-order valence-corrected chi connectivity index (χ3v) is 10.9. The van der Waals surface area contributed by atoms with Crippen LogP contribution in [0, 0.1) is 45.3 Å². The van der Waals surface area contributed by atoms with Gasteiger partial charge in [-0.05, 0) is 63.5 Å². The Labute approximate surface area is 253 Å². The summed E-state index contributed by atoms with van der Waals surface area (Å²) >= 11 is 0. The summed E-state index contributed by atoms with van der Waals surface area (Å²) in [6.07, 6.45) is 9.13. The van der Waals surface area contributed by atoms with Crippen LogP contribution in [-0.2, 0) is 20.0 Å². The first-order valence-electron chi connectivity index (χ1n) is 14.8. The van der Waals surface area contributed by atoms with E-state index in [-0.39, 0.29) is 36.0 Å². The Morgan fingerprint density at radius 1 is 0.452 bits per heavy atom. The summed E-state index contributed by atoms with van der Waals surface area (Å²) in [7, 11) is -8.35. The van der Waals surface area contributed by atoms with E-state index in [0.29, 0.717) is 103 Å². The van der Waals surface area contributed by atoms with E-state index in [1.807, 2.05) is 0 Å². The summed E-state index contributed by atoms with van der Waals surface area (Å²) in [5, 5.41) is 35.2. The zero-order chi connectivity index (χ0) is 31.1. The summed E-state index contributed by atoms with van der Waals surface area (Å²) in [4.78, 5) is -0.504. The zero-order valence-electron chi connectivity index (χ0n) is 24.6. The fourth-order valence-electron chi connectivity index (χ4n) is 4.53. The van der Waals surface area contributed by atoms with E-state index in [9.17, 15) is 16.8 Å². The predicted molar refractivity (Wildman–Crippen MR) is 160 cm³/mol. The highest BCUT2D eigenvalue weighted by atomic mass is 32.2. The van der Waals surface area contributed by atoms with Crippen LogP contribution in [0.3, 0.4) is 0 Å². The highest BCUT2D eigenvalue weighted by Crippen LogP contribution is 2.28. The molecule has 42 heavy (non-hydrogen) atoms. The minimum atomic E-state index is -4.17. The number of sulfonamides is 2. The molecule has 0 unspecified atom stereocenters. The van der Waals surface area contributed by atoms with Gasteiger partial charge in [0.1, 0.15) is 9.79 Å². The van der Waals surface area contributed by atoms with E-state index < -0.39 is 20.0 Å². The Morgan fingerprint density at radius 3 is 0.952 bits per heavy atom. The average molecular weight is 617 g/mol. The number of unbranched alkanes of at least 4 members (excludes halogenated alkanes) is 12. The molecule has 0 heterocycles. The molecule has 0 fully saturated rings. The number of rotatable bonds is 24. The highest BCUT2D eigenvalue weighted by Gasteiger charge is 2.33. The van der Waals surface area contributed by atoms with Crippen molar-refractivity contribution in [2.24, 2.45) is 0 Å². The van der Waals surface area contributed by atoms with Crippen LogP contribution in [0.1, 0.15) is 103 Å². The fourth-order valence-corrected chi connectivity index (χ4v) is 8.35. The molecule has 12 heteroatoms. The Kier molecular flexibility index (Phi) is 19.1. The second-order valence-electron chi connectivity index (χ2n) is 10.1. The lowest BCUT2D eigenvalue weighted by molar-refractivity contribution is 0.380. The number of hydrogen-bond donors (Lipinski definition) is 0. The Bertz CT molecular complexity index is 1160. The molecule has 0 radical (unpaired) electrons. The molecular formula is C30H44N6O4S2. The second kappa shape index (κ2) is 21.7. The molecule has 1 aromatic rings. The molecule has 0 N–H and O–H groups in total. The Balaban J connectivity index is 3.30. The Morgan fingerprint density at radius 2 is 0.714 bits per heavy atom. The maximum atomic E-state index is 14.0. The van der Waals surface area contributed by atoms with Crippen molar-refractivity contribution in [1.82, 2.24) is 8.61 Å². The monoisotopic (exact) mass is 616 g/mol. The van der Waals surface area contributed by atoms with Gasteiger partial charge < -0.3 is 0 Å². The first kappa shape index (κ1) is 37.0. The van der Waals surface area contributed by atoms with Crippen molar-refractivity contribution in [2.45, 2.75) is 113 Å². The van der Waals surface area contributed by atoms with Gasteiger partial charge in [-0.3, -0.25) is 0 Å². The molecule has 1 aromatic carbocycles. The van der Waals surface area contributed by atoms with Crippen LogP contribution < -0.4 is 0 Å². The van der Waals surface area contributed by atoms with Gasteiger partial charge in [0.05, 0.1) is 24.3 Å². The van der Waals surface area contributed by atoms with E-state index in [0.717, 1.165) is 0 Å². The third-order valence-electron chi connectivity index (χ3n) is 6.87. The molecule has 0 amide bonds. The van der Waals surface area contributed by atoms with Crippen LogP contribution in [0.2, 0.25) is 0 Å². The van der Waals surface area contributed by atoms with Gasteiger partial charge >= 0.3 is 0 Å². The molecule has 0 spiro atoms. The minimum absolute atomic E-state index is 0.210. The van der Waals surface area contributed by atoms with Crippen molar-refractivity contribution in [3.8, 4) is 24.3 Å². The van der Waals surface area contributed by atoms with E-state index in [1.54, 1.807) is 0 Å². The smallest absolute Gasteiger partial charge is 0.207 e. The van der Waals surface area contributed by atoms with Crippen molar-refractivity contribution in [3.63, 3.8) is 0 Å². The molecule has 0 aliphatic rings. The maximum Gasteiger partial charge on any atom is 0.244 e. The molecule has 0 saturated heterocycles. The second-order valence-corrected chi connectivity index (χ2v) is 13.9. The molecular weight excluding hydrogens is 573 g/mol. The molecule has 0 aliphatic carbocycles. The summed E-state index contributed by atoms with van der Waals surface area (Å²) < 4.78 is 58.7. The lowest BCUT2D eigenvalue weighted by Crippen LogP contribution is -2.37. The van der Waals surface area contributed by atoms with Gasteiger partial charge in [-0.25, -0.2) is 16.8 Å². The summed E-state index contributed by atoms with van der Waals surface area (Å²) in [5.41, 5.74) is 0. The first-order chi connectivity index (χ1) is 20.3. The quantitative estimate of drug-likeness (QED) is 0.127. The van der Waals surface area contributed by atoms with Crippen LogP contribution in [-0.4, -0.2) is 51.6 Å². The van der Waals surface area contributed by atoms with Gasteiger partial charge in [-0.2, -0.15) is 29.7 Å². The van der Waals surface area contributed by atoms with Crippen molar-refractivity contribution in [3.05, 3.63) is 24.3 Å². The molecule has 10 nitrogen and oxygen atoms in total. The summed E-state index contributed by atoms with van der Waals surface area (Å²) in [5.74, 6) is 0. The van der Waals surface area contributed by atoms with E-state index in [1.165, 1.54) is 32.9 Å². The first-order valence-corrected chi connectivity index (χ1v) is 17.7. The Hall–Kier alpha value is -3.00. The topological polar surface area (TPSA) is 170 Å². The lowest BCUT2D eigenvalue weighted by Gasteiger charge is -2.26. The molecule has 1 rings (SSSR count). The standard InChI is InChI=1S/C30H44N6O4S2/c31-21-11-1-5-15-25-35(26-16-6-2-12-22-32)41(37,38)29-19-9-10-20-30(29)42(39,40)36(27-17-7-3-13-23-33)28-18-8-4-14-24-34/h9-10,19-20H,1-8,11-18,25-28H2. The zero-order valence-corrected chi connectivity index (χ0v) is 26.2. The minimum Gasteiger partial charge on any atom is -0.207 e. The SMILES string of the molecule is N#CCCCCCN(CCCCCC#N)S(=O)(=O)c1ccccc1S(=O)(=O)N(CCCCCC#N)CCCCCC#N. The van der Waals surface area contributed by atoms with Crippen molar-refractivity contribution < 1.29 is 16.8 Å². The molecule has 0 aromatic heterocycles. The normalized spacial score (nSPS) is 11.6. The summed E-state index contributed by atoms with van der Waals surface area (Å²) in [6, 6.07) is 14.1. The lowest BCUT2D eigenvalue weighted by atomic mass is 10.2. The van der Waals surface area contributed by atoms with Crippen LogP contribution >= 0.6 is 0 Å².